The maximum absolute atomic E-state index is 5.36. The lowest BCUT2D eigenvalue weighted by molar-refractivity contribution is 0.182. The third kappa shape index (κ3) is 5.50. The van der Waals surface area contributed by atoms with Gasteiger partial charge in [0.25, 0.3) is 0 Å². The highest BCUT2D eigenvalue weighted by molar-refractivity contribution is 4.75. The Kier molecular flexibility index (Phi) is 5.03. The zero-order valence-corrected chi connectivity index (χ0v) is 10.7. The van der Waals surface area contributed by atoms with Crippen LogP contribution in [0.25, 0.3) is 0 Å². The molecule has 0 amide bonds. The predicted octanol–water partition coefficient (Wildman–Crippen LogP) is 1.20. The van der Waals surface area contributed by atoms with E-state index in [0.717, 1.165) is 38.8 Å². The van der Waals surface area contributed by atoms with Crippen LogP contribution in [0.3, 0.4) is 0 Å². The first kappa shape index (κ1) is 12.9. The topological polar surface area (TPSA) is 24.5 Å². The first-order chi connectivity index (χ1) is 6.99. The Balaban J connectivity index is 2.11. The minimum absolute atomic E-state index is 0.350. The summed E-state index contributed by atoms with van der Waals surface area (Å²) in [7, 11) is 4.26. The second kappa shape index (κ2) is 5.83. The zero-order valence-electron chi connectivity index (χ0n) is 10.7. The third-order valence-corrected chi connectivity index (χ3v) is 2.80. The van der Waals surface area contributed by atoms with Crippen molar-refractivity contribution in [2.45, 2.75) is 20.3 Å². The Labute approximate surface area is 94.2 Å². The molecule has 3 heteroatoms. The molecule has 3 nitrogen and oxygen atoms in total. The molecule has 0 aromatic rings. The van der Waals surface area contributed by atoms with Gasteiger partial charge in [-0.15, -0.1) is 0 Å². The van der Waals surface area contributed by atoms with Crippen molar-refractivity contribution in [3.05, 3.63) is 0 Å². The van der Waals surface area contributed by atoms with Crippen LogP contribution in [0.5, 0.6) is 0 Å². The van der Waals surface area contributed by atoms with Crippen LogP contribution in [0.4, 0.5) is 0 Å². The van der Waals surface area contributed by atoms with E-state index in [0.29, 0.717) is 5.41 Å². The molecule has 0 radical (unpaired) electrons. The largest absolute Gasteiger partial charge is 0.381 e. The first-order valence-corrected chi connectivity index (χ1v) is 5.93. The van der Waals surface area contributed by atoms with Crippen molar-refractivity contribution in [2.75, 3.05) is 46.9 Å². The summed E-state index contributed by atoms with van der Waals surface area (Å²) in [6, 6.07) is 0. The van der Waals surface area contributed by atoms with Crippen LogP contribution in [0.1, 0.15) is 20.3 Å². The average Bonchev–Trinajstić information content (AvgIpc) is 2.53. The monoisotopic (exact) mass is 214 g/mol. The highest BCUT2D eigenvalue weighted by Gasteiger charge is 2.20. The molecule has 1 unspecified atom stereocenters. The molecule has 0 aliphatic carbocycles. The molecule has 0 saturated carbocycles. The Morgan fingerprint density at radius 3 is 2.67 bits per heavy atom. The van der Waals surface area contributed by atoms with Crippen molar-refractivity contribution in [3.8, 4) is 0 Å². The quantitative estimate of drug-likeness (QED) is 0.719. The molecule has 1 rings (SSSR count). The van der Waals surface area contributed by atoms with Crippen molar-refractivity contribution in [1.82, 2.24) is 10.2 Å². The first-order valence-electron chi connectivity index (χ1n) is 5.93. The van der Waals surface area contributed by atoms with Crippen LogP contribution in [-0.4, -0.2) is 51.8 Å². The number of nitrogens with one attached hydrogen (secondary N) is 1. The van der Waals surface area contributed by atoms with Gasteiger partial charge in [-0.2, -0.15) is 0 Å². The van der Waals surface area contributed by atoms with Crippen molar-refractivity contribution >= 4 is 0 Å². The third-order valence-electron chi connectivity index (χ3n) is 2.80. The van der Waals surface area contributed by atoms with Crippen molar-refractivity contribution in [1.29, 1.82) is 0 Å². The molecule has 1 fully saturated rings. The second-order valence-electron chi connectivity index (χ2n) is 5.76. The normalized spacial score (nSPS) is 22.6. The number of nitrogens with zero attached hydrogens (tertiary/aromatic N) is 1. The van der Waals surface area contributed by atoms with E-state index >= 15 is 0 Å². The van der Waals surface area contributed by atoms with Crippen LogP contribution in [-0.2, 0) is 4.74 Å². The minimum Gasteiger partial charge on any atom is -0.381 e. The molecule has 1 saturated heterocycles. The van der Waals surface area contributed by atoms with Crippen LogP contribution in [0.15, 0.2) is 0 Å². The standard InChI is InChI=1S/C12H26N2O/c1-12(2,10-14(3)4)9-13-7-11-5-6-15-8-11/h11,13H,5-10H2,1-4H3. The van der Waals surface area contributed by atoms with Gasteiger partial charge in [0.05, 0.1) is 6.61 Å². The number of hydrogen-bond donors (Lipinski definition) is 1. The Bertz CT molecular complexity index is 174. The number of rotatable bonds is 6. The van der Waals surface area contributed by atoms with E-state index in [2.05, 4.69) is 38.2 Å². The van der Waals surface area contributed by atoms with Gasteiger partial charge in [-0.1, -0.05) is 13.8 Å². The summed E-state index contributed by atoms with van der Waals surface area (Å²) in [5, 5.41) is 3.57. The summed E-state index contributed by atoms with van der Waals surface area (Å²) >= 11 is 0. The van der Waals surface area contributed by atoms with Gasteiger partial charge >= 0.3 is 0 Å². The molecule has 1 atom stereocenters. The van der Waals surface area contributed by atoms with E-state index in [9.17, 15) is 0 Å². The molecule has 0 bridgehead atoms. The summed E-state index contributed by atoms with van der Waals surface area (Å²) in [6.07, 6.45) is 1.22. The lowest BCUT2D eigenvalue weighted by Crippen LogP contribution is -2.39. The Hall–Kier alpha value is -0.120. The maximum atomic E-state index is 5.36. The van der Waals surface area contributed by atoms with E-state index in [-0.39, 0.29) is 0 Å². The number of ether oxygens (including phenoxy) is 1. The highest BCUT2D eigenvalue weighted by atomic mass is 16.5. The number of hydrogen-bond acceptors (Lipinski definition) is 3. The molecule has 1 aliphatic heterocycles. The van der Waals surface area contributed by atoms with Gasteiger partial charge in [0, 0.05) is 26.2 Å². The molecular formula is C12H26N2O. The van der Waals surface area contributed by atoms with E-state index in [4.69, 9.17) is 4.74 Å². The minimum atomic E-state index is 0.350. The fourth-order valence-electron chi connectivity index (χ4n) is 2.27. The van der Waals surface area contributed by atoms with Gasteiger partial charge < -0.3 is 15.0 Å². The second-order valence-corrected chi connectivity index (χ2v) is 5.76. The molecule has 0 aromatic carbocycles. The van der Waals surface area contributed by atoms with Crippen molar-refractivity contribution in [2.24, 2.45) is 11.3 Å². The fourth-order valence-corrected chi connectivity index (χ4v) is 2.27. The fraction of sp³-hybridized carbons (Fsp3) is 1.00. The van der Waals surface area contributed by atoms with Gasteiger partial charge in [0.2, 0.25) is 0 Å². The average molecular weight is 214 g/mol. The van der Waals surface area contributed by atoms with Crippen molar-refractivity contribution < 1.29 is 4.74 Å². The lowest BCUT2D eigenvalue weighted by atomic mass is 9.92. The van der Waals surface area contributed by atoms with E-state index < -0.39 is 0 Å². The summed E-state index contributed by atoms with van der Waals surface area (Å²) in [5.41, 5.74) is 0.350. The van der Waals surface area contributed by atoms with E-state index in [1.54, 1.807) is 0 Å². The van der Waals surface area contributed by atoms with Gasteiger partial charge in [0.15, 0.2) is 0 Å². The zero-order chi connectivity index (χ0) is 11.3. The van der Waals surface area contributed by atoms with Crippen LogP contribution in [0.2, 0.25) is 0 Å². The van der Waals surface area contributed by atoms with Gasteiger partial charge in [-0.3, -0.25) is 0 Å². The molecule has 15 heavy (non-hydrogen) atoms. The molecule has 1 aliphatic rings. The SMILES string of the molecule is CN(C)CC(C)(C)CNCC1CCOC1. The van der Waals surface area contributed by atoms with Crippen LogP contribution < -0.4 is 5.32 Å². The van der Waals surface area contributed by atoms with Crippen LogP contribution in [0, 0.1) is 11.3 Å². The molecule has 1 N–H and O–H groups in total. The van der Waals surface area contributed by atoms with Crippen LogP contribution >= 0.6 is 0 Å². The smallest absolute Gasteiger partial charge is 0.0507 e. The maximum Gasteiger partial charge on any atom is 0.0507 e. The van der Waals surface area contributed by atoms with Gasteiger partial charge in [0.1, 0.15) is 0 Å². The lowest BCUT2D eigenvalue weighted by Gasteiger charge is -2.29. The summed E-state index contributed by atoms with van der Waals surface area (Å²) in [5.74, 6) is 0.736. The van der Waals surface area contributed by atoms with Gasteiger partial charge in [-0.25, -0.2) is 0 Å². The van der Waals surface area contributed by atoms with E-state index in [1.165, 1.54) is 6.42 Å². The molecule has 0 spiro atoms. The molecule has 90 valence electrons. The van der Waals surface area contributed by atoms with Gasteiger partial charge in [-0.05, 0) is 31.8 Å². The van der Waals surface area contributed by atoms with E-state index in [1.807, 2.05) is 0 Å². The predicted molar refractivity (Wildman–Crippen MR) is 64.1 cm³/mol. The Morgan fingerprint density at radius 2 is 2.13 bits per heavy atom. The molecule has 0 aromatic heterocycles. The molecular weight excluding hydrogens is 188 g/mol. The summed E-state index contributed by atoms with van der Waals surface area (Å²) in [4.78, 5) is 2.25. The Morgan fingerprint density at radius 1 is 1.40 bits per heavy atom. The molecule has 1 heterocycles. The highest BCUT2D eigenvalue weighted by Crippen LogP contribution is 2.15. The van der Waals surface area contributed by atoms with Crippen molar-refractivity contribution in [3.63, 3.8) is 0 Å². The summed E-state index contributed by atoms with van der Waals surface area (Å²) < 4.78 is 5.36. The summed E-state index contributed by atoms with van der Waals surface area (Å²) in [6.45, 7) is 9.84.